The maximum absolute atomic E-state index is 11.6. The first-order chi connectivity index (χ1) is 7.95. The van der Waals surface area contributed by atoms with E-state index in [0.29, 0.717) is 10.9 Å². The van der Waals surface area contributed by atoms with Gasteiger partial charge in [0.05, 0.1) is 6.42 Å². The van der Waals surface area contributed by atoms with Crippen LogP contribution in [0.3, 0.4) is 0 Å². The van der Waals surface area contributed by atoms with Crippen LogP contribution in [0.5, 0.6) is 0 Å². The first kappa shape index (κ1) is 12.9. The van der Waals surface area contributed by atoms with E-state index in [4.69, 9.17) is 10.7 Å². The van der Waals surface area contributed by atoms with Gasteiger partial charge in [-0.05, 0) is 31.4 Å². The third kappa shape index (κ3) is 3.43. The summed E-state index contributed by atoms with van der Waals surface area (Å²) in [6.45, 7) is 0. The molecule has 0 unspecified atom stereocenters. The zero-order valence-electron chi connectivity index (χ0n) is 8.98. The number of nitrogens with one attached hydrogen (secondary N) is 1. The second kappa shape index (κ2) is 4.96. The van der Waals surface area contributed by atoms with Crippen LogP contribution in [0.2, 0.25) is 0 Å². The second-order valence-corrected chi connectivity index (χ2v) is 7.99. The van der Waals surface area contributed by atoms with E-state index in [2.05, 4.69) is 5.32 Å². The van der Waals surface area contributed by atoms with Gasteiger partial charge >= 0.3 is 0 Å². The van der Waals surface area contributed by atoms with Gasteiger partial charge < -0.3 is 5.32 Å². The summed E-state index contributed by atoms with van der Waals surface area (Å²) >= 11 is 1.04. The quantitative estimate of drug-likeness (QED) is 0.862. The van der Waals surface area contributed by atoms with Crippen LogP contribution >= 0.6 is 22.0 Å². The minimum Gasteiger partial charge on any atom is -0.353 e. The molecule has 1 amide bonds. The van der Waals surface area contributed by atoms with E-state index >= 15 is 0 Å². The molecule has 1 heterocycles. The molecule has 1 aromatic heterocycles. The van der Waals surface area contributed by atoms with Crippen molar-refractivity contribution in [3.05, 3.63) is 17.0 Å². The molecular weight excluding hydrogens is 282 g/mol. The minimum atomic E-state index is -3.68. The third-order valence-corrected chi connectivity index (χ3v) is 5.86. The number of rotatable bonds is 4. The van der Waals surface area contributed by atoms with Gasteiger partial charge in [-0.15, -0.1) is 11.3 Å². The Hall–Kier alpha value is -0.590. The molecule has 0 atom stereocenters. The van der Waals surface area contributed by atoms with Gasteiger partial charge in [-0.3, -0.25) is 4.79 Å². The fraction of sp³-hybridized carbons (Fsp3) is 0.500. The molecule has 0 aliphatic heterocycles. The minimum absolute atomic E-state index is 0.0601. The van der Waals surface area contributed by atoms with Crippen LogP contribution in [0.4, 0.5) is 0 Å². The average Bonchev–Trinajstić information content (AvgIpc) is 2.59. The summed E-state index contributed by atoms with van der Waals surface area (Å²) < 4.78 is 22.2. The Labute approximate surface area is 108 Å². The summed E-state index contributed by atoms with van der Waals surface area (Å²) in [5.41, 5.74) is 0. The molecule has 94 valence electrons. The summed E-state index contributed by atoms with van der Waals surface area (Å²) in [7, 11) is 1.53. The highest BCUT2D eigenvalue weighted by Crippen LogP contribution is 2.25. The highest BCUT2D eigenvalue weighted by Gasteiger charge is 2.20. The van der Waals surface area contributed by atoms with Crippen LogP contribution in [-0.2, 0) is 20.3 Å². The molecule has 17 heavy (non-hydrogen) atoms. The van der Waals surface area contributed by atoms with Crippen LogP contribution < -0.4 is 5.32 Å². The SMILES string of the molecule is O=C(Cc1ccc(S(=O)(=O)Cl)s1)NC1CCC1. The van der Waals surface area contributed by atoms with E-state index in [1.54, 1.807) is 6.07 Å². The smallest absolute Gasteiger partial charge is 0.270 e. The number of carbonyl (C=O) groups excluding carboxylic acids is 1. The van der Waals surface area contributed by atoms with Crippen LogP contribution in [0.25, 0.3) is 0 Å². The summed E-state index contributed by atoms with van der Waals surface area (Å²) in [5, 5.41) is 2.90. The fourth-order valence-electron chi connectivity index (χ4n) is 1.57. The molecule has 0 saturated heterocycles. The topological polar surface area (TPSA) is 63.2 Å². The molecule has 4 nitrogen and oxygen atoms in total. The van der Waals surface area contributed by atoms with E-state index < -0.39 is 9.05 Å². The number of hydrogen-bond donors (Lipinski definition) is 1. The van der Waals surface area contributed by atoms with E-state index in [1.807, 2.05) is 0 Å². The second-order valence-electron chi connectivity index (χ2n) is 4.03. The highest BCUT2D eigenvalue weighted by molar-refractivity contribution is 8.15. The molecule has 0 spiro atoms. The van der Waals surface area contributed by atoms with Crippen LogP contribution in [0, 0.1) is 0 Å². The summed E-state index contributed by atoms with van der Waals surface area (Å²) in [5.74, 6) is -0.0601. The highest BCUT2D eigenvalue weighted by atomic mass is 35.7. The standard InChI is InChI=1S/C10H12ClNO3S2/c11-17(14,15)10-5-4-8(16-10)6-9(13)12-7-2-1-3-7/h4-5,7H,1-3,6H2,(H,12,13). The molecule has 1 fully saturated rings. The predicted octanol–water partition coefficient (Wildman–Crippen LogP) is 1.89. The van der Waals surface area contributed by atoms with Crippen molar-refractivity contribution in [3.8, 4) is 0 Å². The van der Waals surface area contributed by atoms with Crippen molar-refractivity contribution in [1.82, 2.24) is 5.32 Å². The summed E-state index contributed by atoms with van der Waals surface area (Å²) in [4.78, 5) is 12.3. The zero-order valence-corrected chi connectivity index (χ0v) is 11.4. The summed E-state index contributed by atoms with van der Waals surface area (Å²) in [6.07, 6.45) is 3.46. The maximum Gasteiger partial charge on any atom is 0.270 e. The molecule has 0 bridgehead atoms. The predicted molar refractivity (Wildman–Crippen MR) is 66.8 cm³/mol. The lowest BCUT2D eigenvalue weighted by Crippen LogP contribution is -2.40. The molecule has 0 radical (unpaired) electrons. The number of amides is 1. The number of hydrogen-bond acceptors (Lipinski definition) is 4. The molecule has 0 aromatic carbocycles. The third-order valence-electron chi connectivity index (χ3n) is 2.68. The molecule has 2 rings (SSSR count). The van der Waals surface area contributed by atoms with Gasteiger partial charge in [-0.25, -0.2) is 8.42 Å². The van der Waals surface area contributed by atoms with Crippen LogP contribution in [-0.4, -0.2) is 20.4 Å². The Morgan fingerprint density at radius 3 is 2.65 bits per heavy atom. The largest absolute Gasteiger partial charge is 0.353 e. The van der Waals surface area contributed by atoms with E-state index in [1.165, 1.54) is 12.5 Å². The van der Waals surface area contributed by atoms with Crippen LogP contribution in [0.15, 0.2) is 16.3 Å². The number of carbonyl (C=O) groups is 1. The van der Waals surface area contributed by atoms with Crippen LogP contribution in [0.1, 0.15) is 24.1 Å². The molecule has 1 aliphatic carbocycles. The number of halogens is 1. The molecule has 1 aliphatic rings. The Morgan fingerprint density at radius 2 is 2.18 bits per heavy atom. The summed E-state index contributed by atoms with van der Waals surface area (Å²) in [6, 6.07) is 3.36. The number of thiophene rings is 1. The first-order valence-corrected chi connectivity index (χ1v) is 8.40. The van der Waals surface area contributed by atoms with Gasteiger partial charge in [0.15, 0.2) is 0 Å². The maximum atomic E-state index is 11.6. The molecule has 7 heteroatoms. The van der Waals surface area contributed by atoms with E-state index in [0.717, 1.165) is 24.2 Å². The van der Waals surface area contributed by atoms with Crippen molar-refractivity contribution in [1.29, 1.82) is 0 Å². The first-order valence-electron chi connectivity index (χ1n) is 5.28. The van der Waals surface area contributed by atoms with Gasteiger partial charge in [-0.2, -0.15) is 0 Å². The fourth-order valence-corrected chi connectivity index (χ4v) is 3.70. The van der Waals surface area contributed by atoms with Crippen molar-refractivity contribution in [2.24, 2.45) is 0 Å². The molecule has 1 saturated carbocycles. The lowest BCUT2D eigenvalue weighted by molar-refractivity contribution is -0.121. The Balaban J connectivity index is 1.94. The van der Waals surface area contributed by atoms with Gasteiger partial charge in [0.25, 0.3) is 9.05 Å². The Morgan fingerprint density at radius 1 is 1.47 bits per heavy atom. The average molecular weight is 294 g/mol. The van der Waals surface area contributed by atoms with Crippen molar-refractivity contribution in [2.45, 2.75) is 35.9 Å². The van der Waals surface area contributed by atoms with Gasteiger partial charge in [0, 0.05) is 21.6 Å². The van der Waals surface area contributed by atoms with Gasteiger partial charge in [-0.1, -0.05) is 0 Å². The van der Waals surface area contributed by atoms with Gasteiger partial charge in [0.2, 0.25) is 5.91 Å². The molecule has 1 N–H and O–H groups in total. The van der Waals surface area contributed by atoms with Crippen molar-refractivity contribution in [2.75, 3.05) is 0 Å². The molecular formula is C10H12ClNO3S2. The normalized spacial score (nSPS) is 16.5. The zero-order chi connectivity index (χ0) is 12.5. The van der Waals surface area contributed by atoms with E-state index in [-0.39, 0.29) is 16.5 Å². The molecule has 1 aromatic rings. The van der Waals surface area contributed by atoms with Crippen molar-refractivity contribution in [3.63, 3.8) is 0 Å². The van der Waals surface area contributed by atoms with Crippen molar-refractivity contribution < 1.29 is 13.2 Å². The monoisotopic (exact) mass is 293 g/mol. The lowest BCUT2D eigenvalue weighted by Gasteiger charge is -2.26. The Kier molecular flexibility index (Phi) is 3.75. The lowest BCUT2D eigenvalue weighted by atomic mass is 9.93. The van der Waals surface area contributed by atoms with Gasteiger partial charge in [0.1, 0.15) is 4.21 Å². The van der Waals surface area contributed by atoms with E-state index in [9.17, 15) is 13.2 Å². The Bertz CT molecular complexity index is 519. The van der Waals surface area contributed by atoms with Crippen molar-refractivity contribution >= 4 is 37.0 Å².